The third kappa shape index (κ3) is 3.53. The Morgan fingerprint density at radius 3 is 2.43 bits per heavy atom. The summed E-state index contributed by atoms with van der Waals surface area (Å²) < 4.78 is 44.2. The van der Waals surface area contributed by atoms with Crippen LogP contribution in [0.25, 0.3) is 0 Å². The third-order valence-corrected chi connectivity index (χ3v) is 2.80. The number of ether oxygens (including phenoxy) is 1. The summed E-state index contributed by atoms with van der Waals surface area (Å²) in [6.07, 6.45) is -3.34. The fourth-order valence-electron chi connectivity index (χ4n) is 1.74. The molecule has 1 aromatic heterocycles. The summed E-state index contributed by atoms with van der Waals surface area (Å²) in [6.45, 7) is 0. The molecule has 0 aliphatic carbocycles. The molecule has 112 valence electrons. The Bertz CT molecular complexity index is 594. The topological polar surface area (TPSA) is 67.0 Å². The van der Waals surface area contributed by atoms with Gasteiger partial charge in [-0.05, 0) is 23.8 Å². The van der Waals surface area contributed by atoms with Gasteiger partial charge < -0.3 is 10.1 Å². The summed E-state index contributed by atoms with van der Waals surface area (Å²) >= 11 is 0. The van der Waals surface area contributed by atoms with Crippen LogP contribution in [0.5, 0.6) is 5.75 Å². The predicted molar refractivity (Wildman–Crippen MR) is 67.8 cm³/mol. The summed E-state index contributed by atoms with van der Waals surface area (Å²) in [4.78, 5) is 11.8. The number of aromatic amines is 1. The van der Waals surface area contributed by atoms with Gasteiger partial charge in [-0.1, -0.05) is 12.1 Å². The lowest BCUT2D eigenvalue weighted by Gasteiger charge is -2.22. The van der Waals surface area contributed by atoms with Crippen molar-refractivity contribution in [2.75, 3.05) is 7.11 Å². The molecule has 0 saturated carbocycles. The summed E-state index contributed by atoms with van der Waals surface area (Å²) in [6, 6.07) is 4.48. The molecule has 21 heavy (non-hydrogen) atoms. The van der Waals surface area contributed by atoms with Gasteiger partial charge in [0.05, 0.1) is 7.11 Å². The number of alkyl halides is 3. The molecule has 1 amide bonds. The van der Waals surface area contributed by atoms with Crippen LogP contribution in [0.1, 0.15) is 22.1 Å². The normalized spacial score (nSPS) is 12.8. The van der Waals surface area contributed by atoms with Crippen molar-refractivity contribution in [3.63, 3.8) is 0 Å². The third-order valence-electron chi connectivity index (χ3n) is 2.80. The van der Waals surface area contributed by atoms with Gasteiger partial charge in [0.1, 0.15) is 11.4 Å². The van der Waals surface area contributed by atoms with Crippen LogP contribution in [0.15, 0.2) is 36.5 Å². The van der Waals surface area contributed by atoms with Gasteiger partial charge in [-0.3, -0.25) is 9.89 Å². The fraction of sp³-hybridized carbons (Fsp3) is 0.231. The molecule has 1 aromatic carbocycles. The van der Waals surface area contributed by atoms with Crippen molar-refractivity contribution in [1.82, 2.24) is 15.5 Å². The number of nitrogens with zero attached hydrogens (tertiary/aromatic N) is 1. The van der Waals surface area contributed by atoms with Crippen LogP contribution in [0.3, 0.4) is 0 Å². The molecule has 2 rings (SSSR count). The first-order chi connectivity index (χ1) is 9.91. The lowest BCUT2D eigenvalue weighted by Crippen LogP contribution is -2.38. The van der Waals surface area contributed by atoms with E-state index in [1.54, 1.807) is 0 Å². The Labute approximate surface area is 118 Å². The van der Waals surface area contributed by atoms with Gasteiger partial charge in [-0.2, -0.15) is 18.3 Å². The smallest absolute Gasteiger partial charge is 0.412 e. The molecular weight excluding hydrogens is 287 g/mol. The van der Waals surface area contributed by atoms with Crippen LogP contribution < -0.4 is 10.1 Å². The van der Waals surface area contributed by atoms with Crippen molar-refractivity contribution in [3.8, 4) is 5.75 Å². The maximum atomic E-state index is 13.1. The molecule has 0 radical (unpaired) electrons. The number of benzene rings is 1. The standard InChI is InChI=1S/C13H12F3N3O2/c1-21-9-4-2-8(3-5-9)11(13(14,15)16)18-12(20)10-6-7-17-19-10/h2-7,11H,1H3,(H,17,19)(H,18,20)/t11-/m1/s1. The molecule has 2 N–H and O–H groups in total. The number of aromatic nitrogens is 2. The molecule has 0 unspecified atom stereocenters. The van der Waals surface area contributed by atoms with Crippen molar-refractivity contribution < 1.29 is 22.7 Å². The second-order valence-corrected chi connectivity index (χ2v) is 4.19. The number of rotatable bonds is 4. The van der Waals surface area contributed by atoms with Gasteiger partial charge in [0.25, 0.3) is 5.91 Å². The number of halogens is 3. The van der Waals surface area contributed by atoms with E-state index in [1.807, 2.05) is 5.32 Å². The molecule has 0 aliphatic heterocycles. The van der Waals surface area contributed by atoms with Gasteiger partial charge in [0, 0.05) is 6.20 Å². The van der Waals surface area contributed by atoms with E-state index >= 15 is 0 Å². The molecule has 0 fully saturated rings. The Hall–Kier alpha value is -2.51. The molecule has 0 bridgehead atoms. The summed E-state index contributed by atoms with van der Waals surface area (Å²) in [5.74, 6) is -0.454. The highest BCUT2D eigenvalue weighted by Gasteiger charge is 2.42. The number of carbonyl (C=O) groups excluding carboxylic acids is 1. The molecule has 0 spiro atoms. The maximum Gasteiger partial charge on any atom is 0.412 e. The Morgan fingerprint density at radius 2 is 1.95 bits per heavy atom. The average molecular weight is 299 g/mol. The van der Waals surface area contributed by atoms with Gasteiger partial charge in [0.15, 0.2) is 6.04 Å². The number of hydrogen-bond acceptors (Lipinski definition) is 3. The van der Waals surface area contributed by atoms with E-state index in [4.69, 9.17) is 4.74 Å². The number of hydrogen-bond donors (Lipinski definition) is 2. The fourth-order valence-corrected chi connectivity index (χ4v) is 1.74. The Balaban J connectivity index is 2.24. The average Bonchev–Trinajstić information content (AvgIpc) is 2.98. The van der Waals surface area contributed by atoms with Crippen molar-refractivity contribution in [2.45, 2.75) is 12.2 Å². The molecule has 8 heteroatoms. The Kier molecular flexibility index (Phi) is 4.15. The van der Waals surface area contributed by atoms with Gasteiger partial charge in [-0.15, -0.1) is 0 Å². The summed E-state index contributed by atoms with van der Waals surface area (Å²) in [5, 5.41) is 7.78. The van der Waals surface area contributed by atoms with E-state index in [0.717, 1.165) is 0 Å². The minimum atomic E-state index is -4.62. The zero-order valence-electron chi connectivity index (χ0n) is 10.9. The van der Waals surface area contributed by atoms with Gasteiger partial charge in [0.2, 0.25) is 0 Å². The van der Waals surface area contributed by atoms with Crippen LogP contribution in [-0.2, 0) is 0 Å². The number of carbonyl (C=O) groups is 1. The summed E-state index contributed by atoms with van der Waals surface area (Å²) in [7, 11) is 1.41. The number of nitrogens with one attached hydrogen (secondary N) is 2. The highest BCUT2D eigenvalue weighted by Crippen LogP contribution is 2.33. The molecule has 0 saturated heterocycles. The van der Waals surface area contributed by atoms with Crippen molar-refractivity contribution >= 4 is 5.91 Å². The van der Waals surface area contributed by atoms with E-state index < -0.39 is 18.1 Å². The second-order valence-electron chi connectivity index (χ2n) is 4.19. The minimum Gasteiger partial charge on any atom is -0.497 e. The number of amides is 1. The maximum absolute atomic E-state index is 13.1. The van der Waals surface area contributed by atoms with E-state index in [1.165, 1.54) is 43.6 Å². The first-order valence-electron chi connectivity index (χ1n) is 5.92. The van der Waals surface area contributed by atoms with Crippen molar-refractivity contribution in [2.24, 2.45) is 0 Å². The van der Waals surface area contributed by atoms with Crippen LogP contribution in [0, 0.1) is 0 Å². The zero-order chi connectivity index (χ0) is 15.5. The lowest BCUT2D eigenvalue weighted by molar-refractivity contribution is -0.155. The first kappa shape index (κ1) is 14.9. The van der Waals surface area contributed by atoms with Gasteiger partial charge >= 0.3 is 6.18 Å². The number of methoxy groups -OCH3 is 1. The zero-order valence-corrected chi connectivity index (χ0v) is 10.9. The van der Waals surface area contributed by atoms with Crippen LogP contribution in [-0.4, -0.2) is 29.4 Å². The van der Waals surface area contributed by atoms with E-state index in [2.05, 4.69) is 10.2 Å². The first-order valence-corrected chi connectivity index (χ1v) is 5.92. The van der Waals surface area contributed by atoms with Crippen LogP contribution in [0.4, 0.5) is 13.2 Å². The SMILES string of the molecule is COc1ccc([C@@H](NC(=O)c2ccn[nH]2)C(F)(F)F)cc1. The molecule has 2 aromatic rings. The highest BCUT2D eigenvalue weighted by molar-refractivity contribution is 5.92. The molecule has 5 nitrogen and oxygen atoms in total. The van der Waals surface area contributed by atoms with E-state index in [-0.39, 0.29) is 11.3 Å². The highest BCUT2D eigenvalue weighted by atomic mass is 19.4. The Morgan fingerprint density at radius 1 is 1.29 bits per heavy atom. The molecule has 1 heterocycles. The molecule has 1 atom stereocenters. The quantitative estimate of drug-likeness (QED) is 0.911. The predicted octanol–water partition coefficient (Wildman–Crippen LogP) is 2.45. The second kappa shape index (κ2) is 5.86. The monoisotopic (exact) mass is 299 g/mol. The van der Waals surface area contributed by atoms with Gasteiger partial charge in [-0.25, -0.2) is 0 Å². The molecule has 0 aliphatic rings. The lowest BCUT2D eigenvalue weighted by atomic mass is 10.1. The van der Waals surface area contributed by atoms with E-state index in [0.29, 0.717) is 5.75 Å². The number of H-pyrrole nitrogens is 1. The van der Waals surface area contributed by atoms with Crippen LogP contribution in [0.2, 0.25) is 0 Å². The van der Waals surface area contributed by atoms with E-state index in [9.17, 15) is 18.0 Å². The molecular formula is C13H12F3N3O2. The van der Waals surface area contributed by atoms with Crippen LogP contribution >= 0.6 is 0 Å². The largest absolute Gasteiger partial charge is 0.497 e. The summed E-state index contributed by atoms with van der Waals surface area (Å²) in [5.41, 5.74) is -0.131. The minimum absolute atomic E-state index is 0.0437. The van der Waals surface area contributed by atoms with Crippen molar-refractivity contribution in [1.29, 1.82) is 0 Å². The van der Waals surface area contributed by atoms with Crippen molar-refractivity contribution in [3.05, 3.63) is 47.8 Å².